The number of imidazole rings is 1. The first-order valence-corrected chi connectivity index (χ1v) is 12.7. The zero-order chi connectivity index (χ0) is 27.7. The molecule has 1 fully saturated rings. The quantitative estimate of drug-likeness (QED) is 0.464. The smallest absolute Gasteiger partial charge is 0.325 e. The van der Waals surface area contributed by atoms with Gasteiger partial charge in [0.25, 0.3) is 5.91 Å². The van der Waals surface area contributed by atoms with E-state index in [-0.39, 0.29) is 12.5 Å². The molecule has 0 saturated carbocycles. The number of nitrogen functional groups attached to an aromatic ring is 1. The van der Waals surface area contributed by atoms with Gasteiger partial charge in [-0.2, -0.15) is 0 Å². The van der Waals surface area contributed by atoms with Gasteiger partial charge in [-0.05, 0) is 73.6 Å². The van der Waals surface area contributed by atoms with Crippen molar-refractivity contribution >= 4 is 29.6 Å². The van der Waals surface area contributed by atoms with Crippen LogP contribution < -0.4 is 16.0 Å². The van der Waals surface area contributed by atoms with Gasteiger partial charge in [-0.25, -0.2) is 14.8 Å². The topological polar surface area (TPSA) is 126 Å². The summed E-state index contributed by atoms with van der Waals surface area (Å²) in [4.78, 5) is 51.4. The van der Waals surface area contributed by atoms with Crippen molar-refractivity contribution in [3.63, 3.8) is 0 Å². The second kappa shape index (κ2) is 10.6. The highest BCUT2D eigenvalue weighted by Crippen LogP contribution is 2.34. The van der Waals surface area contributed by atoms with Crippen molar-refractivity contribution in [2.75, 3.05) is 17.7 Å². The molecule has 4 amide bonds. The highest BCUT2D eigenvalue weighted by atomic mass is 16.2. The van der Waals surface area contributed by atoms with Crippen molar-refractivity contribution in [2.45, 2.75) is 52.6 Å². The Morgan fingerprint density at radius 3 is 2.50 bits per heavy atom. The van der Waals surface area contributed by atoms with E-state index in [0.717, 1.165) is 27.2 Å². The number of imide groups is 1. The molecule has 38 heavy (non-hydrogen) atoms. The number of nitrogens with one attached hydrogen (secondary N) is 1. The van der Waals surface area contributed by atoms with Crippen LogP contribution in [-0.4, -0.2) is 50.4 Å². The fraction of sp³-hybridized carbons (Fsp3) is 0.393. The molecule has 3 heterocycles. The molecule has 1 saturated heterocycles. The van der Waals surface area contributed by atoms with Crippen molar-refractivity contribution in [2.24, 2.45) is 13.0 Å². The van der Waals surface area contributed by atoms with Crippen LogP contribution in [0.3, 0.4) is 0 Å². The van der Waals surface area contributed by atoms with Crippen molar-refractivity contribution in [3.05, 3.63) is 70.7 Å². The molecular formula is C28H35N7O3. The van der Waals surface area contributed by atoms with Crippen molar-refractivity contribution in [1.29, 1.82) is 0 Å². The minimum Gasteiger partial charge on any atom is -0.384 e. The number of likely N-dealkylation sites (N-methyl/N-ethyl adjacent to an activating group) is 1. The second-order valence-corrected chi connectivity index (χ2v) is 9.92. The number of anilines is 2. The van der Waals surface area contributed by atoms with E-state index in [0.29, 0.717) is 18.2 Å². The first-order chi connectivity index (χ1) is 18.0. The van der Waals surface area contributed by atoms with Crippen molar-refractivity contribution in [3.8, 4) is 0 Å². The van der Waals surface area contributed by atoms with E-state index in [1.165, 1.54) is 10.5 Å². The number of rotatable bonds is 7. The van der Waals surface area contributed by atoms with Crippen LogP contribution in [0.25, 0.3) is 0 Å². The molecule has 4 rings (SSSR count). The van der Waals surface area contributed by atoms with E-state index in [9.17, 15) is 14.4 Å². The van der Waals surface area contributed by atoms with Crippen LogP contribution in [-0.2, 0) is 23.1 Å². The molecule has 0 spiro atoms. The van der Waals surface area contributed by atoms with Gasteiger partial charge in [-0.3, -0.25) is 19.4 Å². The van der Waals surface area contributed by atoms with Gasteiger partial charge >= 0.3 is 6.03 Å². The maximum absolute atomic E-state index is 13.7. The number of carbonyl (C=O) groups excluding carboxylic acids is 3. The number of β-lactam (4-membered cyclic amide) rings is 1. The molecule has 1 aromatic carbocycles. The van der Waals surface area contributed by atoms with Crippen LogP contribution in [0.5, 0.6) is 0 Å². The van der Waals surface area contributed by atoms with Crippen molar-refractivity contribution in [1.82, 2.24) is 24.8 Å². The molecule has 1 aliphatic heterocycles. The minimum absolute atomic E-state index is 0.258. The lowest BCUT2D eigenvalue weighted by Crippen LogP contribution is -2.70. The number of carbonyl (C=O) groups is 3. The maximum Gasteiger partial charge on any atom is 0.325 e. The van der Waals surface area contributed by atoms with Crippen LogP contribution in [0.15, 0.2) is 42.9 Å². The van der Waals surface area contributed by atoms with E-state index in [4.69, 9.17) is 5.73 Å². The van der Waals surface area contributed by atoms with Gasteiger partial charge in [0.15, 0.2) is 0 Å². The highest BCUT2D eigenvalue weighted by Gasteiger charge is 2.55. The third-order valence-corrected chi connectivity index (χ3v) is 7.59. The molecule has 3 N–H and O–H groups in total. The van der Waals surface area contributed by atoms with Gasteiger partial charge in [0.05, 0.1) is 12.0 Å². The number of nitrogens with two attached hydrogens (primary N) is 1. The number of urea groups is 1. The van der Waals surface area contributed by atoms with Crippen LogP contribution in [0.2, 0.25) is 0 Å². The third kappa shape index (κ3) is 4.85. The molecule has 10 heteroatoms. The Morgan fingerprint density at radius 2 is 1.87 bits per heavy atom. The third-order valence-electron chi connectivity index (χ3n) is 7.59. The lowest BCUT2D eigenvalue weighted by molar-refractivity contribution is -0.156. The van der Waals surface area contributed by atoms with Gasteiger partial charge < -0.3 is 15.6 Å². The Hall–Kier alpha value is -4.21. The van der Waals surface area contributed by atoms with E-state index in [2.05, 4.69) is 29.1 Å². The van der Waals surface area contributed by atoms with E-state index >= 15 is 0 Å². The first kappa shape index (κ1) is 26.8. The summed E-state index contributed by atoms with van der Waals surface area (Å²) in [5.41, 5.74) is 11.0. The zero-order valence-electron chi connectivity index (χ0n) is 22.7. The van der Waals surface area contributed by atoms with Gasteiger partial charge in [0.2, 0.25) is 11.9 Å². The standard InChI is InChI=1S/C28H35N7O3/c1-7-22(20-9-8-16(2)17(3)18(20)4)32-28(38)35-24(26(37)34(6)27-31-12-13-33(27)5)21(25(35)36)14-19-10-11-30-23(29)15-19/h8-13,15,21-22,24H,7,14H2,1-6H3,(H2,29,30)(H,32,38)/t21-,22-,24+/m1/s1. The Labute approximate surface area is 222 Å². The lowest BCUT2D eigenvalue weighted by atomic mass is 9.81. The SMILES string of the molecule is CC[C@@H](NC(=O)N1C(=O)[C@H](Cc2ccnc(N)c2)[C@H]1C(=O)N(C)c1nccn1C)c1ccc(C)c(C)c1C. The molecule has 1 aliphatic rings. The Bertz CT molecular complexity index is 1380. The molecule has 200 valence electrons. The fourth-order valence-electron chi connectivity index (χ4n) is 5.08. The first-order valence-electron chi connectivity index (χ1n) is 12.7. The molecule has 2 aromatic heterocycles. The van der Waals surface area contributed by atoms with Crippen LogP contribution in [0.1, 0.15) is 47.2 Å². The lowest BCUT2D eigenvalue weighted by Gasteiger charge is -2.45. The number of benzene rings is 1. The molecule has 3 aromatic rings. The van der Waals surface area contributed by atoms with Gasteiger partial charge in [0, 0.05) is 32.7 Å². The molecule has 0 radical (unpaired) electrons. The Balaban J connectivity index is 1.63. The maximum atomic E-state index is 13.7. The number of amides is 4. The number of aromatic nitrogens is 3. The van der Waals surface area contributed by atoms with Crippen LogP contribution >= 0.6 is 0 Å². The zero-order valence-corrected chi connectivity index (χ0v) is 22.7. The largest absolute Gasteiger partial charge is 0.384 e. The summed E-state index contributed by atoms with van der Waals surface area (Å²) >= 11 is 0. The second-order valence-electron chi connectivity index (χ2n) is 9.92. The number of hydrogen-bond donors (Lipinski definition) is 2. The predicted octanol–water partition coefficient (Wildman–Crippen LogP) is 3.22. The number of likely N-dealkylation sites (tertiary alicyclic amines) is 1. The summed E-state index contributed by atoms with van der Waals surface area (Å²) in [5.74, 6) is -0.779. The monoisotopic (exact) mass is 517 g/mol. The van der Waals surface area contributed by atoms with Gasteiger partial charge in [-0.1, -0.05) is 19.1 Å². The summed E-state index contributed by atoms with van der Waals surface area (Å²) in [6.07, 6.45) is 5.76. The Morgan fingerprint density at radius 1 is 1.13 bits per heavy atom. The van der Waals surface area contributed by atoms with Crippen molar-refractivity contribution < 1.29 is 14.4 Å². The molecule has 3 atom stereocenters. The average Bonchev–Trinajstić information content (AvgIpc) is 3.32. The number of nitrogens with zero attached hydrogens (tertiary/aromatic N) is 5. The minimum atomic E-state index is -0.989. The van der Waals surface area contributed by atoms with E-state index < -0.39 is 29.8 Å². The fourth-order valence-corrected chi connectivity index (χ4v) is 5.08. The summed E-state index contributed by atoms with van der Waals surface area (Å²) in [5, 5.41) is 3.01. The molecule has 10 nitrogen and oxygen atoms in total. The van der Waals surface area contributed by atoms with Crippen LogP contribution in [0.4, 0.5) is 16.6 Å². The highest BCUT2D eigenvalue weighted by molar-refractivity contribution is 6.12. The summed E-state index contributed by atoms with van der Waals surface area (Å²) in [7, 11) is 3.37. The van der Waals surface area contributed by atoms with E-state index in [1.807, 2.05) is 26.0 Å². The number of pyridine rings is 1. The average molecular weight is 518 g/mol. The van der Waals surface area contributed by atoms with Crippen LogP contribution in [0, 0.1) is 26.7 Å². The molecular weight excluding hydrogens is 482 g/mol. The molecule has 0 unspecified atom stereocenters. The normalized spacial score (nSPS) is 17.6. The molecule has 0 aliphatic carbocycles. The number of aryl methyl sites for hydroxylation is 2. The summed E-state index contributed by atoms with van der Waals surface area (Å²) < 4.78 is 1.71. The Kier molecular flexibility index (Phi) is 7.52. The summed E-state index contributed by atoms with van der Waals surface area (Å²) in [6, 6.07) is 5.59. The van der Waals surface area contributed by atoms with Gasteiger partial charge in [0.1, 0.15) is 11.9 Å². The number of hydrogen-bond acceptors (Lipinski definition) is 6. The summed E-state index contributed by atoms with van der Waals surface area (Å²) in [6.45, 7) is 8.12. The predicted molar refractivity (Wildman–Crippen MR) is 145 cm³/mol. The molecule has 0 bridgehead atoms. The van der Waals surface area contributed by atoms with Gasteiger partial charge in [-0.15, -0.1) is 0 Å². The van der Waals surface area contributed by atoms with E-state index in [1.54, 1.807) is 49.4 Å².